The first-order chi connectivity index (χ1) is 18.8. The molecule has 0 fully saturated rings. The van der Waals surface area contributed by atoms with Crippen molar-refractivity contribution >= 4 is 21.8 Å². The third-order valence-electron chi connectivity index (χ3n) is 6.89. The fourth-order valence-corrected chi connectivity index (χ4v) is 4.93. The summed E-state index contributed by atoms with van der Waals surface area (Å²) >= 11 is 0. The molecular weight excluding hydrogens is 462 g/mol. The number of aromatic nitrogens is 3. The lowest BCUT2D eigenvalue weighted by Gasteiger charge is -2.12. The topological polar surface area (TPSA) is 38.7 Å². The molecule has 0 aliphatic carbocycles. The van der Waals surface area contributed by atoms with Crippen LogP contribution in [-0.4, -0.2) is 15.0 Å². The van der Waals surface area contributed by atoms with Crippen LogP contribution in [0.2, 0.25) is 0 Å². The molecule has 0 aliphatic heterocycles. The van der Waals surface area contributed by atoms with Crippen molar-refractivity contribution in [1.29, 1.82) is 0 Å². The standard InChI is InChI=1S/C35H23N3/c1-4-10-24(11-5-1)25-16-18-26(19-17-25)31-23-21-28-20-22-30-32(27-12-6-2-7-13-27)37-35(29-14-8-3-9-15-29)38-34(30)33(28)36-31/h1-23H. The number of fused-ring (bicyclic) bond motifs is 3. The minimum absolute atomic E-state index is 0.698. The lowest BCUT2D eigenvalue weighted by Crippen LogP contribution is -1.97. The fourth-order valence-electron chi connectivity index (χ4n) is 4.93. The summed E-state index contributed by atoms with van der Waals surface area (Å²) in [5.41, 5.74) is 9.08. The average molecular weight is 486 g/mol. The predicted octanol–water partition coefficient (Wildman–Crippen LogP) is 8.85. The maximum Gasteiger partial charge on any atom is 0.160 e. The summed E-state index contributed by atoms with van der Waals surface area (Å²) in [5.74, 6) is 0.698. The summed E-state index contributed by atoms with van der Waals surface area (Å²) in [6, 6.07) is 47.9. The van der Waals surface area contributed by atoms with Crippen molar-refractivity contribution in [3.05, 3.63) is 140 Å². The molecule has 5 aromatic carbocycles. The number of benzene rings is 5. The molecule has 0 unspecified atom stereocenters. The molecule has 0 radical (unpaired) electrons. The van der Waals surface area contributed by atoms with E-state index in [9.17, 15) is 0 Å². The van der Waals surface area contributed by atoms with Gasteiger partial charge in [0.05, 0.1) is 16.9 Å². The van der Waals surface area contributed by atoms with Crippen molar-refractivity contribution in [3.8, 4) is 45.0 Å². The highest BCUT2D eigenvalue weighted by molar-refractivity contribution is 6.08. The highest BCUT2D eigenvalue weighted by atomic mass is 14.9. The molecule has 0 amide bonds. The molecule has 3 nitrogen and oxygen atoms in total. The van der Waals surface area contributed by atoms with Crippen LogP contribution in [-0.2, 0) is 0 Å². The molecule has 0 saturated heterocycles. The molecule has 0 N–H and O–H groups in total. The van der Waals surface area contributed by atoms with E-state index in [-0.39, 0.29) is 0 Å². The molecule has 0 bridgehead atoms. The van der Waals surface area contributed by atoms with E-state index in [0.29, 0.717) is 5.82 Å². The van der Waals surface area contributed by atoms with Crippen LogP contribution in [0.1, 0.15) is 0 Å². The Labute approximate surface area is 221 Å². The fraction of sp³-hybridized carbons (Fsp3) is 0. The number of hydrogen-bond acceptors (Lipinski definition) is 3. The molecule has 2 aromatic heterocycles. The first-order valence-corrected chi connectivity index (χ1v) is 12.7. The van der Waals surface area contributed by atoms with Gasteiger partial charge in [-0.15, -0.1) is 0 Å². The van der Waals surface area contributed by atoms with E-state index >= 15 is 0 Å². The molecule has 0 aliphatic rings. The smallest absolute Gasteiger partial charge is 0.160 e. The third kappa shape index (κ3) is 4.00. The summed E-state index contributed by atoms with van der Waals surface area (Å²) in [6.45, 7) is 0. The van der Waals surface area contributed by atoms with Crippen molar-refractivity contribution in [3.63, 3.8) is 0 Å². The van der Waals surface area contributed by atoms with Gasteiger partial charge >= 0.3 is 0 Å². The largest absolute Gasteiger partial charge is 0.245 e. The van der Waals surface area contributed by atoms with Gasteiger partial charge in [0.1, 0.15) is 5.52 Å². The van der Waals surface area contributed by atoms with Crippen LogP contribution in [0, 0.1) is 0 Å². The average Bonchev–Trinajstić information content (AvgIpc) is 3.01. The molecule has 3 heteroatoms. The quantitative estimate of drug-likeness (QED) is 0.234. The maximum atomic E-state index is 5.16. The second-order valence-corrected chi connectivity index (χ2v) is 9.30. The van der Waals surface area contributed by atoms with Gasteiger partial charge in [-0.1, -0.05) is 127 Å². The minimum atomic E-state index is 0.698. The highest BCUT2D eigenvalue weighted by Gasteiger charge is 2.15. The van der Waals surface area contributed by atoms with Gasteiger partial charge in [-0.2, -0.15) is 0 Å². The normalized spacial score (nSPS) is 11.2. The number of pyridine rings is 1. The minimum Gasteiger partial charge on any atom is -0.245 e. The maximum absolute atomic E-state index is 5.16. The molecule has 7 rings (SSSR count). The predicted molar refractivity (Wildman–Crippen MR) is 157 cm³/mol. The van der Waals surface area contributed by atoms with Crippen molar-refractivity contribution in [2.45, 2.75) is 0 Å². The van der Waals surface area contributed by atoms with Gasteiger partial charge in [0, 0.05) is 27.5 Å². The van der Waals surface area contributed by atoms with E-state index in [1.807, 2.05) is 54.6 Å². The van der Waals surface area contributed by atoms with Crippen LogP contribution in [0.25, 0.3) is 66.8 Å². The van der Waals surface area contributed by atoms with Crippen molar-refractivity contribution < 1.29 is 0 Å². The second kappa shape index (κ2) is 9.38. The molecule has 38 heavy (non-hydrogen) atoms. The third-order valence-corrected chi connectivity index (χ3v) is 6.89. The molecule has 2 heterocycles. The lowest BCUT2D eigenvalue weighted by atomic mass is 10.0. The molecule has 0 saturated carbocycles. The van der Waals surface area contributed by atoms with Gasteiger partial charge in [-0.05, 0) is 23.3 Å². The summed E-state index contributed by atoms with van der Waals surface area (Å²) in [5, 5.41) is 2.05. The molecule has 0 spiro atoms. The summed E-state index contributed by atoms with van der Waals surface area (Å²) in [4.78, 5) is 15.3. The Balaban J connectivity index is 1.42. The van der Waals surface area contributed by atoms with E-state index in [4.69, 9.17) is 15.0 Å². The van der Waals surface area contributed by atoms with E-state index in [2.05, 4.69) is 84.9 Å². The Morgan fingerprint density at radius 2 is 0.895 bits per heavy atom. The van der Waals surface area contributed by atoms with Crippen LogP contribution < -0.4 is 0 Å². The van der Waals surface area contributed by atoms with Gasteiger partial charge in [-0.3, -0.25) is 0 Å². The van der Waals surface area contributed by atoms with Crippen LogP contribution in [0.3, 0.4) is 0 Å². The Morgan fingerprint density at radius 3 is 1.58 bits per heavy atom. The molecule has 0 atom stereocenters. The van der Waals surface area contributed by atoms with Crippen LogP contribution in [0.4, 0.5) is 0 Å². The highest BCUT2D eigenvalue weighted by Crippen LogP contribution is 2.34. The van der Waals surface area contributed by atoms with Gasteiger partial charge in [0.15, 0.2) is 5.82 Å². The Hall–Kier alpha value is -5.15. The van der Waals surface area contributed by atoms with Crippen molar-refractivity contribution in [1.82, 2.24) is 15.0 Å². The first kappa shape index (κ1) is 22.1. The monoisotopic (exact) mass is 485 g/mol. The van der Waals surface area contributed by atoms with Crippen LogP contribution >= 0.6 is 0 Å². The number of nitrogens with zero attached hydrogens (tertiary/aromatic N) is 3. The lowest BCUT2D eigenvalue weighted by molar-refractivity contribution is 1.23. The number of hydrogen-bond donors (Lipinski definition) is 0. The van der Waals surface area contributed by atoms with Crippen LogP contribution in [0.15, 0.2) is 140 Å². The zero-order valence-corrected chi connectivity index (χ0v) is 20.6. The Kier molecular flexibility index (Phi) is 5.45. The van der Waals surface area contributed by atoms with Gasteiger partial charge in [0.2, 0.25) is 0 Å². The molecule has 178 valence electrons. The van der Waals surface area contributed by atoms with Gasteiger partial charge in [0.25, 0.3) is 0 Å². The van der Waals surface area contributed by atoms with Gasteiger partial charge in [-0.25, -0.2) is 15.0 Å². The van der Waals surface area contributed by atoms with E-state index in [0.717, 1.165) is 49.9 Å². The SMILES string of the molecule is c1ccc(-c2ccc(-c3ccc4ccc5c(-c6ccccc6)nc(-c6ccccc6)nc5c4n3)cc2)cc1. The zero-order chi connectivity index (χ0) is 25.3. The second-order valence-electron chi connectivity index (χ2n) is 9.30. The van der Waals surface area contributed by atoms with E-state index in [1.54, 1.807) is 0 Å². The van der Waals surface area contributed by atoms with E-state index < -0.39 is 0 Å². The molecular formula is C35H23N3. The van der Waals surface area contributed by atoms with Gasteiger partial charge < -0.3 is 0 Å². The summed E-state index contributed by atoms with van der Waals surface area (Å²) < 4.78 is 0. The Bertz CT molecular complexity index is 1880. The van der Waals surface area contributed by atoms with Crippen molar-refractivity contribution in [2.24, 2.45) is 0 Å². The summed E-state index contributed by atoms with van der Waals surface area (Å²) in [7, 11) is 0. The molecule has 7 aromatic rings. The first-order valence-electron chi connectivity index (χ1n) is 12.7. The summed E-state index contributed by atoms with van der Waals surface area (Å²) in [6.07, 6.45) is 0. The number of rotatable bonds is 4. The van der Waals surface area contributed by atoms with Crippen molar-refractivity contribution in [2.75, 3.05) is 0 Å². The van der Waals surface area contributed by atoms with E-state index in [1.165, 1.54) is 11.1 Å². The zero-order valence-electron chi connectivity index (χ0n) is 20.6. The van der Waals surface area contributed by atoms with Crippen LogP contribution in [0.5, 0.6) is 0 Å². The Morgan fingerprint density at radius 1 is 0.342 bits per heavy atom.